The summed E-state index contributed by atoms with van der Waals surface area (Å²) >= 11 is 3.30. The number of amides is 1. The van der Waals surface area contributed by atoms with Crippen molar-refractivity contribution in [2.75, 3.05) is 5.32 Å². The van der Waals surface area contributed by atoms with E-state index in [0.29, 0.717) is 12.3 Å². The maximum absolute atomic E-state index is 11.4. The van der Waals surface area contributed by atoms with Crippen LogP contribution in [0.3, 0.4) is 0 Å². The van der Waals surface area contributed by atoms with E-state index >= 15 is 0 Å². The zero-order chi connectivity index (χ0) is 9.97. The van der Waals surface area contributed by atoms with Gasteiger partial charge in [-0.05, 0) is 40.8 Å². The van der Waals surface area contributed by atoms with Gasteiger partial charge in [0.15, 0.2) is 0 Å². The lowest BCUT2D eigenvalue weighted by molar-refractivity contribution is -0.116. The number of pyridine rings is 1. The fourth-order valence-corrected chi connectivity index (χ4v) is 1.64. The molecule has 1 aliphatic rings. The van der Waals surface area contributed by atoms with Gasteiger partial charge in [-0.15, -0.1) is 0 Å². The van der Waals surface area contributed by atoms with Crippen molar-refractivity contribution in [1.82, 2.24) is 4.98 Å². The molecule has 0 aliphatic heterocycles. The predicted molar refractivity (Wildman–Crippen MR) is 57.9 cm³/mol. The number of hydrogen-bond donors (Lipinski definition) is 1. The molecular formula is C10H11BrN2O. The first-order chi connectivity index (χ1) is 6.74. The number of carbonyl (C=O) groups is 1. The molecule has 1 fully saturated rings. The lowest BCUT2D eigenvalue weighted by atomic mass is 10.3. The molecule has 0 aromatic carbocycles. The fourth-order valence-electron chi connectivity index (χ4n) is 1.28. The van der Waals surface area contributed by atoms with Crippen LogP contribution in [0.15, 0.2) is 22.9 Å². The molecule has 1 saturated carbocycles. The number of hydrogen-bond acceptors (Lipinski definition) is 2. The summed E-state index contributed by atoms with van der Waals surface area (Å²) in [7, 11) is 0. The first-order valence-corrected chi connectivity index (χ1v) is 5.44. The molecule has 0 saturated heterocycles. The van der Waals surface area contributed by atoms with Gasteiger partial charge in [0.1, 0.15) is 0 Å². The molecule has 0 unspecified atom stereocenters. The van der Waals surface area contributed by atoms with Crippen molar-refractivity contribution in [2.24, 2.45) is 5.92 Å². The lowest BCUT2D eigenvalue weighted by Crippen LogP contribution is -2.11. The zero-order valence-electron chi connectivity index (χ0n) is 7.66. The highest BCUT2D eigenvalue weighted by atomic mass is 79.9. The molecule has 1 heterocycles. The van der Waals surface area contributed by atoms with Crippen LogP contribution in [0.4, 0.5) is 5.69 Å². The lowest BCUT2D eigenvalue weighted by Gasteiger charge is -2.03. The Hall–Kier alpha value is -0.900. The van der Waals surface area contributed by atoms with E-state index in [9.17, 15) is 4.79 Å². The van der Waals surface area contributed by atoms with Gasteiger partial charge in [0.2, 0.25) is 5.91 Å². The maximum Gasteiger partial charge on any atom is 0.224 e. The Morgan fingerprint density at radius 2 is 2.36 bits per heavy atom. The molecule has 3 nitrogen and oxygen atoms in total. The Labute approximate surface area is 91.0 Å². The van der Waals surface area contributed by atoms with Crippen LogP contribution in [0.2, 0.25) is 0 Å². The van der Waals surface area contributed by atoms with E-state index in [1.54, 1.807) is 12.4 Å². The van der Waals surface area contributed by atoms with Crippen molar-refractivity contribution < 1.29 is 4.79 Å². The van der Waals surface area contributed by atoms with Gasteiger partial charge in [-0.1, -0.05) is 0 Å². The third-order valence-electron chi connectivity index (χ3n) is 2.16. The molecule has 4 heteroatoms. The number of rotatable bonds is 3. The van der Waals surface area contributed by atoms with Crippen LogP contribution < -0.4 is 5.32 Å². The van der Waals surface area contributed by atoms with E-state index in [4.69, 9.17) is 0 Å². The monoisotopic (exact) mass is 254 g/mol. The molecule has 0 spiro atoms. The molecule has 0 bridgehead atoms. The summed E-state index contributed by atoms with van der Waals surface area (Å²) < 4.78 is 0.877. The van der Waals surface area contributed by atoms with Gasteiger partial charge in [-0.2, -0.15) is 0 Å². The topological polar surface area (TPSA) is 42.0 Å². The van der Waals surface area contributed by atoms with Gasteiger partial charge in [0.25, 0.3) is 0 Å². The van der Waals surface area contributed by atoms with Crippen LogP contribution in [-0.4, -0.2) is 10.9 Å². The van der Waals surface area contributed by atoms with Gasteiger partial charge >= 0.3 is 0 Å². The van der Waals surface area contributed by atoms with Gasteiger partial charge in [0.05, 0.1) is 11.9 Å². The largest absolute Gasteiger partial charge is 0.325 e. The first-order valence-electron chi connectivity index (χ1n) is 4.64. The van der Waals surface area contributed by atoms with E-state index < -0.39 is 0 Å². The molecule has 1 aliphatic carbocycles. The Bertz CT molecular complexity index is 350. The predicted octanol–water partition coefficient (Wildman–Crippen LogP) is 2.58. The number of aromatic nitrogens is 1. The molecule has 1 amide bonds. The summed E-state index contributed by atoms with van der Waals surface area (Å²) in [5, 5.41) is 2.82. The SMILES string of the molecule is O=C(CC1CC1)Nc1cncc(Br)c1. The minimum atomic E-state index is 0.0902. The molecule has 1 N–H and O–H groups in total. The standard InChI is InChI=1S/C10H11BrN2O/c11-8-4-9(6-12-5-8)13-10(14)3-7-1-2-7/h4-7H,1-3H2,(H,13,14). The third kappa shape index (κ3) is 2.80. The van der Waals surface area contributed by atoms with E-state index in [1.165, 1.54) is 12.8 Å². The molecule has 0 atom stereocenters. The van der Waals surface area contributed by atoms with Crippen molar-refractivity contribution in [2.45, 2.75) is 19.3 Å². The Balaban J connectivity index is 1.92. The number of halogens is 1. The molecule has 2 rings (SSSR count). The Morgan fingerprint density at radius 3 is 3.00 bits per heavy atom. The van der Waals surface area contributed by atoms with Crippen LogP contribution in [-0.2, 0) is 4.79 Å². The zero-order valence-corrected chi connectivity index (χ0v) is 9.25. The van der Waals surface area contributed by atoms with Crippen molar-refractivity contribution in [3.63, 3.8) is 0 Å². The van der Waals surface area contributed by atoms with Gasteiger partial charge < -0.3 is 5.32 Å². The highest BCUT2D eigenvalue weighted by Gasteiger charge is 2.24. The van der Waals surface area contributed by atoms with Crippen molar-refractivity contribution >= 4 is 27.5 Å². The summed E-state index contributed by atoms with van der Waals surface area (Å²) in [6.45, 7) is 0. The minimum Gasteiger partial charge on any atom is -0.325 e. The fraction of sp³-hybridized carbons (Fsp3) is 0.400. The van der Waals surface area contributed by atoms with Crippen LogP contribution in [0.1, 0.15) is 19.3 Å². The molecule has 0 radical (unpaired) electrons. The number of carbonyl (C=O) groups excluding carboxylic acids is 1. The van der Waals surface area contributed by atoms with Crippen LogP contribution in [0.25, 0.3) is 0 Å². The van der Waals surface area contributed by atoms with Gasteiger partial charge in [0, 0.05) is 17.1 Å². The molecular weight excluding hydrogens is 244 g/mol. The van der Waals surface area contributed by atoms with E-state index in [-0.39, 0.29) is 5.91 Å². The van der Waals surface area contributed by atoms with Crippen molar-refractivity contribution in [1.29, 1.82) is 0 Å². The van der Waals surface area contributed by atoms with Crippen LogP contribution in [0, 0.1) is 5.92 Å². The molecule has 74 valence electrons. The van der Waals surface area contributed by atoms with Gasteiger partial charge in [-0.3, -0.25) is 9.78 Å². The summed E-state index contributed by atoms with van der Waals surface area (Å²) in [5.74, 6) is 0.711. The summed E-state index contributed by atoms with van der Waals surface area (Å²) in [6, 6.07) is 1.85. The number of nitrogens with one attached hydrogen (secondary N) is 1. The summed E-state index contributed by atoms with van der Waals surface area (Å²) in [6.07, 6.45) is 6.38. The quantitative estimate of drug-likeness (QED) is 0.901. The van der Waals surface area contributed by atoms with E-state index in [0.717, 1.165) is 10.2 Å². The maximum atomic E-state index is 11.4. The highest BCUT2D eigenvalue weighted by Crippen LogP contribution is 2.32. The second-order valence-electron chi connectivity index (χ2n) is 3.59. The normalized spacial score (nSPS) is 15.2. The van der Waals surface area contributed by atoms with Crippen molar-refractivity contribution in [3.05, 3.63) is 22.9 Å². The number of nitrogens with zero attached hydrogens (tertiary/aromatic N) is 1. The smallest absolute Gasteiger partial charge is 0.224 e. The van der Waals surface area contributed by atoms with Crippen molar-refractivity contribution in [3.8, 4) is 0 Å². The molecule has 1 aromatic rings. The minimum absolute atomic E-state index is 0.0902. The molecule has 1 aromatic heterocycles. The van der Waals surface area contributed by atoms with Crippen LogP contribution in [0.5, 0.6) is 0 Å². The second kappa shape index (κ2) is 4.09. The first kappa shape index (κ1) is 9.65. The third-order valence-corrected chi connectivity index (χ3v) is 2.59. The highest BCUT2D eigenvalue weighted by molar-refractivity contribution is 9.10. The summed E-state index contributed by atoms with van der Waals surface area (Å²) in [4.78, 5) is 15.4. The van der Waals surface area contributed by atoms with E-state index in [1.807, 2.05) is 6.07 Å². The average Bonchev–Trinajstić information content (AvgIpc) is 2.87. The molecule has 14 heavy (non-hydrogen) atoms. The number of anilines is 1. The Morgan fingerprint density at radius 1 is 1.57 bits per heavy atom. The summed E-state index contributed by atoms with van der Waals surface area (Å²) in [5.41, 5.74) is 0.755. The van der Waals surface area contributed by atoms with Gasteiger partial charge in [-0.25, -0.2) is 0 Å². The second-order valence-corrected chi connectivity index (χ2v) is 4.50. The van der Waals surface area contributed by atoms with E-state index in [2.05, 4.69) is 26.2 Å². The van der Waals surface area contributed by atoms with Crippen LogP contribution >= 0.6 is 15.9 Å². The average molecular weight is 255 g/mol. The Kier molecular flexibility index (Phi) is 2.82.